The molecule has 160 valence electrons. The fraction of sp³-hybridized carbons (Fsp3) is 0.261. The van der Waals surface area contributed by atoms with E-state index in [0.717, 1.165) is 5.69 Å². The van der Waals surface area contributed by atoms with Gasteiger partial charge in [0.25, 0.3) is 5.91 Å². The predicted molar refractivity (Wildman–Crippen MR) is 111 cm³/mol. The number of amides is 1. The maximum absolute atomic E-state index is 14.0. The molecule has 0 bridgehead atoms. The third kappa shape index (κ3) is 4.01. The lowest BCUT2D eigenvalue weighted by Crippen LogP contribution is -2.41. The molecule has 1 aliphatic heterocycles. The highest BCUT2D eigenvalue weighted by Gasteiger charge is 2.42. The van der Waals surface area contributed by atoms with E-state index in [1.54, 1.807) is 23.7 Å². The largest absolute Gasteiger partial charge is 0.485 e. The Balaban J connectivity index is 1.59. The molecule has 2 atom stereocenters. The van der Waals surface area contributed by atoms with Crippen molar-refractivity contribution in [3.8, 4) is 11.4 Å². The zero-order chi connectivity index (χ0) is 22.0. The summed E-state index contributed by atoms with van der Waals surface area (Å²) in [7, 11) is 1.27. The summed E-state index contributed by atoms with van der Waals surface area (Å²) in [6.07, 6.45) is 1.15. The number of para-hydroxylation sites is 2. The summed E-state index contributed by atoms with van der Waals surface area (Å²) in [4.78, 5) is 27.1. The summed E-state index contributed by atoms with van der Waals surface area (Å²) in [6.45, 7) is 1.92. The van der Waals surface area contributed by atoms with Crippen LogP contribution >= 0.6 is 0 Å². The van der Waals surface area contributed by atoms with Crippen molar-refractivity contribution in [2.45, 2.75) is 25.5 Å². The predicted octanol–water partition coefficient (Wildman–Crippen LogP) is 3.15. The van der Waals surface area contributed by atoms with Crippen molar-refractivity contribution in [3.05, 3.63) is 77.9 Å². The molecule has 2 heterocycles. The van der Waals surface area contributed by atoms with Crippen LogP contribution in [0.3, 0.4) is 0 Å². The molecule has 1 amide bonds. The smallest absolute Gasteiger partial charge is 0.328 e. The molecular weight excluding hydrogens is 401 g/mol. The van der Waals surface area contributed by atoms with Gasteiger partial charge < -0.3 is 14.4 Å². The Bertz CT molecular complexity index is 1100. The Morgan fingerprint density at radius 2 is 1.81 bits per heavy atom. The molecule has 1 aliphatic rings. The van der Waals surface area contributed by atoms with Crippen LogP contribution in [0.15, 0.2) is 60.8 Å². The van der Waals surface area contributed by atoms with E-state index >= 15 is 0 Å². The van der Waals surface area contributed by atoms with Gasteiger partial charge in [-0.25, -0.2) is 13.9 Å². The molecule has 1 aromatic heterocycles. The molecular formula is C23H22FN3O4. The number of aromatic nitrogens is 2. The first kappa shape index (κ1) is 20.6. The average Bonchev–Trinajstić information content (AvgIpc) is 3.39. The van der Waals surface area contributed by atoms with Gasteiger partial charge >= 0.3 is 5.97 Å². The van der Waals surface area contributed by atoms with Crippen LogP contribution in [0.2, 0.25) is 0 Å². The molecule has 8 heteroatoms. The number of likely N-dealkylation sites (tertiary alicyclic amines) is 1. The first-order valence-electron chi connectivity index (χ1n) is 9.89. The lowest BCUT2D eigenvalue weighted by Gasteiger charge is -2.22. The summed E-state index contributed by atoms with van der Waals surface area (Å²) < 4.78 is 26.3. The minimum atomic E-state index is -0.825. The van der Waals surface area contributed by atoms with Crippen LogP contribution in [0.1, 0.15) is 22.5 Å². The number of methoxy groups -OCH3 is 1. The van der Waals surface area contributed by atoms with Gasteiger partial charge in [0, 0.05) is 6.42 Å². The van der Waals surface area contributed by atoms with E-state index in [1.165, 1.54) is 30.3 Å². The molecule has 1 fully saturated rings. The van der Waals surface area contributed by atoms with E-state index in [9.17, 15) is 14.0 Å². The van der Waals surface area contributed by atoms with Crippen LogP contribution in [0, 0.1) is 12.7 Å². The Hall–Kier alpha value is -3.68. The zero-order valence-corrected chi connectivity index (χ0v) is 17.2. The highest BCUT2D eigenvalue weighted by atomic mass is 19.1. The minimum Gasteiger partial charge on any atom is -0.485 e. The average molecular weight is 423 g/mol. The zero-order valence-electron chi connectivity index (χ0n) is 17.2. The van der Waals surface area contributed by atoms with Crippen LogP contribution in [0.4, 0.5) is 4.39 Å². The molecule has 1 saturated heterocycles. The lowest BCUT2D eigenvalue weighted by molar-refractivity contribution is -0.145. The quantitative estimate of drug-likeness (QED) is 0.590. The first-order valence-corrected chi connectivity index (χ1v) is 9.89. The molecule has 0 N–H and O–H groups in total. The molecule has 0 saturated carbocycles. The minimum absolute atomic E-state index is 0.0819. The van der Waals surface area contributed by atoms with E-state index < -0.39 is 23.9 Å². The van der Waals surface area contributed by atoms with Crippen molar-refractivity contribution in [2.24, 2.45) is 0 Å². The third-order valence-electron chi connectivity index (χ3n) is 5.37. The molecule has 0 spiro atoms. The summed E-state index contributed by atoms with van der Waals surface area (Å²) >= 11 is 0. The molecule has 3 aromatic rings. The van der Waals surface area contributed by atoms with Gasteiger partial charge in [0.1, 0.15) is 12.1 Å². The number of halogens is 1. The Morgan fingerprint density at radius 1 is 1.10 bits per heavy atom. The van der Waals surface area contributed by atoms with Gasteiger partial charge in [-0.05, 0) is 31.2 Å². The van der Waals surface area contributed by atoms with E-state index in [4.69, 9.17) is 9.47 Å². The van der Waals surface area contributed by atoms with E-state index in [-0.39, 0.29) is 24.6 Å². The van der Waals surface area contributed by atoms with Crippen molar-refractivity contribution in [1.82, 2.24) is 14.7 Å². The topological polar surface area (TPSA) is 73.7 Å². The fourth-order valence-corrected chi connectivity index (χ4v) is 3.79. The van der Waals surface area contributed by atoms with Gasteiger partial charge in [0.15, 0.2) is 11.6 Å². The second-order valence-electron chi connectivity index (χ2n) is 7.29. The summed E-state index contributed by atoms with van der Waals surface area (Å²) in [5, 5.41) is 4.34. The fourth-order valence-electron chi connectivity index (χ4n) is 3.79. The van der Waals surface area contributed by atoms with Gasteiger partial charge in [0.05, 0.1) is 36.8 Å². The number of nitrogens with zero attached hydrogens (tertiary/aromatic N) is 3. The van der Waals surface area contributed by atoms with Crippen LogP contribution in [0.5, 0.6) is 5.75 Å². The van der Waals surface area contributed by atoms with Gasteiger partial charge in [0.2, 0.25) is 0 Å². The normalized spacial score (nSPS) is 18.1. The number of carbonyl (C=O) groups is 2. The second kappa shape index (κ2) is 8.59. The summed E-state index contributed by atoms with van der Waals surface area (Å²) in [5.41, 5.74) is 1.85. The molecule has 2 aromatic carbocycles. The molecule has 0 unspecified atom stereocenters. The van der Waals surface area contributed by atoms with Crippen molar-refractivity contribution < 1.29 is 23.5 Å². The van der Waals surface area contributed by atoms with E-state index in [1.807, 2.05) is 30.3 Å². The summed E-state index contributed by atoms with van der Waals surface area (Å²) in [5.74, 6) is -1.31. The number of hydrogen-bond acceptors (Lipinski definition) is 5. The maximum atomic E-state index is 14.0. The second-order valence-corrected chi connectivity index (χ2v) is 7.29. The molecule has 0 aliphatic carbocycles. The Morgan fingerprint density at radius 3 is 2.52 bits per heavy atom. The number of carbonyl (C=O) groups excluding carboxylic acids is 2. The number of rotatable bonds is 5. The molecule has 0 radical (unpaired) electrons. The van der Waals surface area contributed by atoms with Crippen LogP contribution in [-0.4, -0.2) is 52.4 Å². The van der Waals surface area contributed by atoms with Crippen molar-refractivity contribution in [2.75, 3.05) is 13.7 Å². The lowest BCUT2D eigenvalue weighted by atomic mass is 10.1. The van der Waals surface area contributed by atoms with Crippen LogP contribution in [-0.2, 0) is 9.53 Å². The maximum Gasteiger partial charge on any atom is 0.328 e. The van der Waals surface area contributed by atoms with E-state index in [0.29, 0.717) is 11.3 Å². The standard InChI is InChI=1S/C23H22FN3O4/c1-15-18(13-25-27(15)16-8-4-3-5-9-16)22(28)26-14-17(12-20(26)23(29)30-2)31-21-11-7-6-10-19(21)24/h3-11,13,17,20H,12,14H2,1-2H3/t17-,20-/m1/s1. The molecule has 31 heavy (non-hydrogen) atoms. The van der Waals surface area contributed by atoms with Gasteiger partial charge in [-0.15, -0.1) is 0 Å². The van der Waals surface area contributed by atoms with Gasteiger partial charge in [-0.3, -0.25) is 4.79 Å². The van der Waals surface area contributed by atoms with Gasteiger partial charge in [-0.2, -0.15) is 5.10 Å². The highest BCUT2D eigenvalue weighted by Crippen LogP contribution is 2.28. The first-order chi connectivity index (χ1) is 15.0. The number of benzene rings is 2. The Labute approximate surface area is 179 Å². The van der Waals surface area contributed by atoms with Crippen LogP contribution in [0.25, 0.3) is 5.69 Å². The number of ether oxygens (including phenoxy) is 2. The number of hydrogen-bond donors (Lipinski definition) is 0. The van der Waals surface area contributed by atoms with Crippen molar-refractivity contribution in [1.29, 1.82) is 0 Å². The van der Waals surface area contributed by atoms with Gasteiger partial charge in [-0.1, -0.05) is 30.3 Å². The van der Waals surface area contributed by atoms with E-state index in [2.05, 4.69) is 5.10 Å². The SMILES string of the molecule is COC(=O)[C@H]1C[C@@H](Oc2ccccc2F)CN1C(=O)c1cnn(-c2ccccc2)c1C. The van der Waals surface area contributed by atoms with Crippen LogP contribution < -0.4 is 4.74 Å². The van der Waals surface area contributed by atoms with Crippen molar-refractivity contribution >= 4 is 11.9 Å². The Kier molecular flexibility index (Phi) is 5.70. The highest BCUT2D eigenvalue weighted by molar-refractivity contribution is 5.98. The molecule has 4 rings (SSSR count). The van der Waals surface area contributed by atoms with Crippen molar-refractivity contribution in [3.63, 3.8) is 0 Å². The monoisotopic (exact) mass is 423 g/mol. The number of esters is 1. The molecule has 7 nitrogen and oxygen atoms in total. The third-order valence-corrected chi connectivity index (χ3v) is 5.37. The summed E-state index contributed by atoms with van der Waals surface area (Å²) in [6, 6.07) is 14.7.